The molecule has 2 fully saturated rings. The largest absolute Gasteiger partial charge is 0.352 e. The van der Waals surface area contributed by atoms with Crippen LogP contribution in [-0.4, -0.2) is 18.5 Å². The van der Waals surface area contributed by atoms with E-state index in [9.17, 15) is 4.79 Å². The van der Waals surface area contributed by atoms with Gasteiger partial charge in [0.15, 0.2) is 0 Å². The van der Waals surface area contributed by atoms with Gasteiger partial charge in [0.05, 0.1) is 0 Å². The van der Waals surface area contributed by atoms with Gasteiger partial charge in [-0.05, 0) is 37.0 Å². The first-order chi connectivity index (χ1) is 7.63. The lowest BCUT2D eigenvalue weighted by Gasteiger charge is -2.19. The molecule has 0 heterocycles. The minimum absolute atomic E-state index is 0. The fourth-order valence-corrected chi connectivity index (χ4v) is 3.29. The molecule has 0 aromatic heterocycles. The lowest BCUT2D eigenvalue weighted by atomic mass is 10.0. The van der Waals surface area contributed by atoms with Gasteiger partial charge in [-0.25, -0.2) is 0 Å². The van der Waals surface area contributed by atoms with Crippen molar-refractivity contribution in [1.82, 2.24) is 5.32 Å². The van der Waals surface area contributed by atoms with Gasteiger partial charge in [0.2, 0.25) is 5.91 Å². The monoisotopic (exact) mass is 260 g/mol. The molecule has 0 bridgehead atoms. The zero-order valence-corrected chi connectivity index (χ0v) is 11.6. The Morgan fingerprint density at radius 3 is 2.41 bits per heavy atom. The van der Waals surface area contributed by atoms with E-state index >= 15 is 0 Å². The van der Waals surface area contributed by atoms with Gasteiger partial charge in [-0.2, -0.15) is 0 Å². The van der Waals surface area contributed by atoms with Crippen molar-refractivity contribution in [1.29, 1.82) is 0 Å². The molecule has 0 aromatic carbocycles. The van der Waals surface area contributed by atoms with Crippen LogP contribution in [0.25, 0.3) is 0 Å². The Labute approximate surface area is 110 Å². The molecule has 2 saturated carbocycles. The molecule has 3 nitrogen and oxygen atoms in total. The predicted octanol–water partition coefficient (Wildman–Crippen LogP) is 1.94. The van der Waals surface area contributed by atoms with Gasteiger partial charge in [-0.15, -0.1) is 12.4 Å². The number of amides is 1. The summed E-state index contributed by atoms with van der Waals surface area (Å²) >= 11 is 0. The zero-order valence-electron chi connectivity index (χ0n) is 10.8. The predicted molar refractivity (Wildman–Crippen MR) is 72.0 cm³/mol. The zero-order chi connectivity index (χ0) is 11.7. The summed E-state index contributed by atoms with van der Waals surface area (Å²) in [5.74, 6) is 2.60. The van der Waals surface area contributed by atoms with Gasteiger partial charge >= 0.3 is 0 Å². The number of fused-ring (bicyclic) bond motifs is 1. The third-order valence-electron chi connectivity index (χ3n) is 4.10. The molecule has 100 valence electrons. The fourth-order valence-electron chi connectivity index (χ4n) is 3.29. The average molecular weight is 261 g/mol. The second kappa shape index (κ2) is 6.05. The number of rotatable bonds is 5. The van der Waals surface area contributed by atoms with Crippen molar-refractivity contribution < 1.29 is 4.79 Å². The van der Waals surface area contributed by atoms with Gasteiger partial charge in [0, 0.05) is 18.5 Å². The minimum atomic E-state index is 0. The maximum absolute atomic E-state index is 12.0. The smallest absolute Gasteiger partial charge is 0.223 e. The number of halogens is 1. The van der Waals surface area contributed by atoms with Crippen molar-refractivity contribution >= 4 is 18.3 Å². The van der Waals surface area contributed by atoms with Crippen LogP contribution in [0, 0.1) is 23.7 Å². The van der Waals surface area contributed by atoms with Crippen LogP contribution >= 0.6 is 12.4 Å². The van der Waals surface area contributed by atoms with E-state index in [2.05, 4.69) is 19.2 Å². The molecule has 3 N–H and O–H groups in total. The lowest BCUT2D eigenvalue weighted by Crippen LogP contribution is -2.42. The third-order valence-corrected chi connectivity index (χ3v) is 4.10. The highest BCUT2D eigenvalue weighted by molar-refractivity contribution is 5.85. The number of hydrogen-bond acceptors (Lipinski definition) is 2. The molecule has 2 aliphatic rings. The van der Waals surface area contributed by atoms with E-state index in [-0.39, 0.29) is 24.4 Å². The van der Waals surface area contributed by atoms with Crippen molar-refractivity contribution in [2.45, 2.75) is 45.6 Å². The number of nitrogens with two attached hydrogens (primary N) is 1. The quantitative estimate of drug-likeness (QED) is 0.794. The van der Waals surface area contributed by atoms with Gasteiger partial charge in [0.1, 0.15) is 0 Å². The summed E-state index contributed by atoms with van der Waals surface area (Å²) in [6.45, 7) is 4.90. The summed E-state index contributed by atoms with van der Waals surface area (Å²) in [5.41, 5.74) is 5.69. The second-order valence-corrected chi connectivity index (χ2v) is 5.86. The Morgan fingerprint density at radius 2 is 1.94 bits per heavy atom. The fraction of sp³-hybridized carbons (Fsp3) is 0.923. The highest BCUT2D eigenvalue weighted by atomic mass is 35.5. The molecule has 0 saturated heterocycles. The van der Waals surface area contributed by atoms with Crippen LogP contribution in [0.4, 0.5) is 0 Å². The van der Waals surface area contributed by atoms with Gasteiger partial charge < -0.3 is 11.1 Å². The van der Waals surface area contributed by atoms with E-state index in [1.165, 1.54) is 19.3 Å². The molecule has 0 radical (unpaired) electrons. The first kappa shape index (κ1) is 14.8. The summed E-state index contributed by atoms with van der Waals surface area (Å²) in [7, 11) is 0. The number of carbonyl (C=O) groups excluding carboxylic acids is 1. The number of carbonyl (C=O) groups is 1. The van der Waals surface area contributed by atoms with Crippen molar-refractivity contribution in [3.8, 4) is 0 Å². The van der Waals surface area contributed by atoms with E-state index in [1.807, 2.05) is 0 Å². The molecule has 17 heavy (non-hydrogen) atoms. The lowest BCUT2D eigenvalue weighted by molar-refractivity contribution is -0.123. The van der Waals surface area contributed by atoms with E-state index in [1.54, 1.807) is 0 Å². The van der Waals surface area contributed by atoms with Crippen molar-refractivity contribution in [2.75, 3.05) is 6.54 Å². The Bertz CT molecular complexity index is 260. The Hall–Kier alpha value is -0.280. The molecule has 0 spiro atoms. The molecule has 1 amide bonds. The van der Waals surface area contributed by atoms with Crippen LogP contribution in [0.3, 0.4) is 0 Å². The highest BCUT2D eigenvalue weighted by Crippen LogP contribution is 2.57. The first-order valence-electron chi connectivity index (χ1n) is 6.64. The van der Waals surface area contributed by atoms with Crippen LogP contribution in [0.5, 0.6) is 0 Å². The van der Waals surface area contributed by atoms with E-state index in [0.717, 1.165) is 6.42 Å². The van der Waals surface area contributed by atoms with Crippen molar-refractivity contribution in [3.05, 3.63) is 0 Å². The molecule has 0 aromatic rings. The highest BCUT2D eigenvalue weighted by Gasteiger charge is 2.56. The van der Waals surface area contributed by atoms with Crippen LogP contribution in [-0.2, 0) is 4.79 Å². The topological polar surface area (TPSA) is 55.1 Å². The second-order valence-electron chi connectivity index (χ2n) is 5.86. The summed E-state index contributed by atoms with van der Waals surface area (Å²) < 4.78 is 0. The average Bonchev–Trinajstić information content (AvgIpc) is 2.71. The minimum Gasteiger partial charge on any atom is -0.352 e. The molecule has 0 aliphatic heterocycles. The van der Waals surface area contributed by atoms with Gasteiger partial charge in [0.25, 0.3) is 0 Å². The molecule has 3 unspecified atom stereocenters. The molecular formula is C13H25ClN2O. The van der Waals surface area contributed by atoms with Gasteiger partial charge in [-0.1, -0.05) is 20.3 Å². The van der Waals surface area contributed by atoms with Gasteiger partial charge in [-0.3, -0.25) is 4.79 Å². The normalized spacial score (nSPS) is 31.6. The standard InChI is InChI=1S/C13H24N2O.ClH/c1-8(2)6-9(7-14)15-13(16)12-10-4-3-5-11(10)12;/h8-12H,3-7,14H2,1-2H3,(H,15,16);1H. The summed E-state index contributed by atoms with van der Waals surface area (Å²) in [5, 5.41) is 3.12. The SMILES string of the molecule is CC(C)CC(CN)NC(=O)C1C2CCCC21.Cl. The molecule has 2 rings (SSSR count). The molecule has 3 atom stereocenters. The molecule has 4 heteroatoms. The summed E-state index contributed by atoms with van der Waals surface area (Å²) in [4.78, 5) is 12.0. The molecule has 2 aliphatic carbocycles. The summed E-state index contributed by atoms with van der Waals surface area (Å²) in [6, 6.07) is 0.175. The van der Waals surface area contributed by atoms with E-state index in [4.69, 9.17) is 5.73 Å². The Balaban J connectivity index is 0.00000144. The number of hydrogen-bond donors (Lipinski definition) is 2. The van der Waals surface area contributed by atoms with Crippen molar-refractivity contribution in [2.24, 2.45) is 29.4 Å². The maximum Gasteiger partial charge on any atom is 0.223 e. The van der Waals surface area contributed by atoms with Crippen LogP contribution < -0.4 is 11.1 Å². The third kappa shape index (κ3) is 3.35. The van der Waals surface area contributed by atoms with E-state index in [0.29, 0.717) is 30.2 Å². The van der Waals surface area contributed by atoms with Crippen LogP contribution in [0.2, 0.25) is 0 Å². The maximum atomic E-state index is 12.0. The summed E-state index contributed by atoms with van der Waals surface area (Å²) in [6.07, 6.45) is 4.84. The van der Waals surface area contributed by atoms with Crippen LogP contribution in [0.1, 0.15) is 39.5 Å². The Kier molecular flexibility index (Phi) is 5.26. The number of nitrogens with one attached hydrogen (secondary N) is 1. The Morgan fingerprint density at radius 1 is 1.35 bits per heavy atom. The first-order valence-corrected chi connectivity index (χ1v) is 6.64. The van der Waals surface area contributed by atoms with E-state index < -0.39 is 0 Å². The molecular weight excluding hydrogens is 236 g/mol. The van der Waals surface area contributed by atoms with Crippen molar-refractivity contribution in [3.63, 3.8) is 0 Å². The van der Waals surface area contributed by atoms with Crippen LogP contribution in [0.15, 0.2) is 0 Å².